The summed E-state index contributed by atoms with van der Waals surface area (Å²) in [6.45, 7) is 5.72. The molecule has 1 aromatic rings. The van der Waals surface area contributed by atoms with Crippen molar-refractivity contribution in [3.05, 3.63) is 23.9 Å². The van der Waals surface area contributed by atoms with Crippen LogP contribution in [0.3, 0.4) is 0 Å². The first-order valence-corrected chi connectivity index (χ1v) is 7.55. The third-order valence-electron chi connectivity index (χ3n) is 4.08. The van der Waals surface area contributed by atoms with Crippen molar-refractivity contribution in [2.75, 3.05) is 44.2 Å². The number of rotatable bonds is 2. The molecule has 3 rings (SSSR count). The number of hydrogen-bond donors (Lipinski definition) is 1. The molecule has 2 fully saturated rings. The summed E-state index contributed by atoms with van der Waals surface area (Å²) in [4.78, 5) is 21.0. The molecule has 0 spiro atoms. The quantitative estimate of drug-likeness (QED) is 0.878. The topological polar surface area (TPSA) is 48.5 Å². The minimum absolute atomic E-state index is 0.129. The van der Waals surface area contributed by atoms with Crippen LogP contribution in [0.5, 0.6) is 0 Å². The molecule has 3 heterocycles. The second kappa shape index (κ2) is 6.22. The van der Waals surface area contributed by atoms with Gasteiger partial charge in [-0.1, -0.05) is 0 Å². The summed E-state index contributed by atoms with van der Waals surface area (Å²) in [5.74, 6) is 1.10. The zero-order valence-electron chi connectivity index (χ0n) is 11.8. The SMILES string of the molecule is O=C(c1ccc(N2CCNCC2)nc1)N1CCCCC1. The van der Waals surface area contributed by atoms with Crippen molar-refractivity contribution in [2.45, 2.75) is 19.3 Å². The second-order valence-corrected chi connectivity index (χ2v) is 5.49. The maximum Gasteiger partial charge on any atom is 0.255 e. The number of piperazine rings is 1. The summed E-state index contributed by atoms with van der Waals surface area (Å²) in [5, 5.41) is 3.33. The summed E-state index contributed by atoms with van der Waals surface area (Å²) < 4.78 is 0. The van der Waals surface area contributed by atoms with E-state index in [1.807, 2.05) is 17.0 Å². The number of aromatic nitrogens is 1. The lowest BCUT2D eigenvalue weighted by Crippen LogP contribution is -2.43. The lowest BCUT2D eigenvalue weighted by molar-refractivity contribution is 0.0724. The molecule has 0 saturated carbocycles. The van der Waals surface area contributed by atoms with Crippen LogP contribution in [0.15, 0.2) is 18.3 Å². The monoisotopic (exact) mass is 274 g/mol. The number of carbonyl (C=O) groups excluding carboxylic acids is 1. The van der Waals surface area contributed by atoms with E-state index in [9.17, 15) is 4.79 Å². The van der Waals surface area contributed by atoms with Gasteiger partial charge in [0.25, 0.3) is 5.91 Å². The third kappa shape index (κ3) is 2.93. The van der Waals surface area contributed by atoms with Gasteiger partial charge in [-0.15, -0.1) is 0 Å². The van der Waals surface area contributed by atoms with Gasteiger partial charge in [0.05, 0.1) is 5.56 Å². The van der Waals surface area contributed by atoms with E-state index in [-0.39, 0.29) is 5.91 Å². The fourth-order valence-corrected chi connectivity index (χ4v) is 2.87. The lowest BCUT2D eigenvalue weighted by Gasteiger charge is -2.29. The molecule has 0 aliphatic carbocycles. The average Bonchev–Trinajstić information content (AvgIpc) is 2.56. The molecule has 1 amide bonds. The van der Waals surface area contributed by atoms with Crippen molar-refractivity contribution in [3.8, 4) is 0 Å². The Bertz CT molecular complexity index is 447. The van der Waals surface area contributed by atoms with Gasteiger partial charge in [0.15, 0.2) is 0 Å². The number of amides is 1. The number of hydrogen-bond acceptors (Lipinski definition) is 4. The zero-order valence-corrected chi connectivity index (χ0v) is 11.8. The predicted octanol–water partition coefficient (Wildman–Crippen LogP) is 1.12. The van der Waals surface area contributed by atoms with E-state index in [0.29, 0.717) is 5.56 Å². The number of carbonyl (C=O) groups is 1. The van der Waals surface area contributed by atoms with Gasteiger partial charge in [0.1, 0.15) is 5.82 Å². The minimum atomic E-state index is 0.129. The van der Waals surface area contributed by atoms with Gasteiger partial charge in [0, 0.05) is 45.5 Å². The molecule has 0 bridgehead atoms. The summed E-state index contributed by atoms with van der Waals surface area (Å²) in [6, 6.07) is 3.89. The molecule has 0 radical (unpaired) electrons. The van der Waals surface area contributed by atoms with Crippen LogP contribution in [0.4, 0.5) is 5.82 Å². The van der Waals surface area contributed by atoms with Crippen molar-refractivity contribution in [3.63, 3.8) is 0 Å². The first-order chi connectivity index (χ1) is 9.84. The Balaban J connectivity index is 1.67. The highest BCUT2D eigenvalue weighted by molar-refractivity contribution is 5.94. The fourth-order valence-electron chi connectivity index (χ4n) is 2.87. The van der Waals surface area contributed by atoms with Gasteiger partial charge >= 0.3 is 0 Å². The minimum Gasteiger partial charge on any atom is -0.354 e. The van der Waals surface area contributed by atoms with E-state index >= 15 is 0 Å². The Morgan fingerprint density at radius 2 is 1.80 bits per heavy atom. The average molecular weight is 274 g/mol. The van der Waals surface area contributed by atoms with Crippen molar-refractivity contribution in [2.24, 2.45) is 0 Å². The molecule has 108 valence electrons. The molecule has 5 nitrogen and oxygen atoms in total. The van der Waals surface area contributed by atoms with Gasteiger partial charge in [-0.05, 0) is 31.4 Å². The molecule has 0 unspecified atom stereocenters. The van der Waals surface area contributed by atoms with Crippen LogP contribution in [0.2, 0.25) is 0 Å². The number of likely N-dealkylation sites (tertiary alicyclic amines) is 1. The highest BCUT2D eigenvalue weighted by Gasteiger charge is 2.19. The Labute approximate surface area is 120 Å². The molecule has 1 aromatic heterocycles. The molecule has 5 heteroatoms. The summed E-state index contributed by atoms with van der Waals surface area (Å²) in [7, 11) is 0. The highest BCUT2D eigenvalue weighted by Crippen LogP contribution is 2.16. The molecule has 2 saturated heterocycles. The molecule has 0 atom stereocenters. The molecular weight excluding hydrogens is 252 g/mol. The first-order valence-electron chi connectivity index (χ1n) is 7.55. The fraction of sp³-hybridized carbons (Fsp3) is 0.600. The van der Waals surface area contributed by atoms with E-state index in [0.717, 1.165) is 57.9 Å². The third-order valence-corrected chi connectivity index (χ3v) is 4.08. The Hall–Kier alpha value is -1.62. The lowest BCUT2D eigenvalue weighted by atomic mass is 10.1. The summed E-state index contributed by atoms with van der Waals surface area (Å²) in [6.07, 6.45) is 5.22. The number of nitrogens with one attached hydrogen (secondary N) is 1. The van der Waals surface area contributed by atoms with Gasteiger partial charge in [-0.3, -0.25) is 4.79 Å². The van der Waals surface area contributed by atoms with Gasteiger partial charge in [-0.2, -0.15) is 0 Å². The van der Waals surface area contributed by atoms with E-state index in [2.05, 4.69) is 15.2 Å². The summed E-state index contributed by atoms with van der Waals surface area (Å²) in [5.41, 5.74) is 0.714. The van der Waals surface area contributed by atoms with Crippen molar-refractivity contribution in [1.29, 1.82) is 0 Å². The smallest absolute Gasteiger partial charge is 0.255 e. The maximum absolute atomic E-state index is 12.3. The highest BCUT2D eigenvalue weighted by atomic mass is 16.2. The first kappa shape index (κ1) is 13.4. The standard InChI is InChI=1S/C15H22N4O/c20-15(19-8-2-1-3-9-19)13-4-5-14(17-12-13)18-10-6-16-7-11-18/h4-5,12,16H,1-3,6-11H2. The Morgan fingerprint density at radius 1 is 1.05 bits per heavy atom. The molecule has 1 N–H and O–H groups in total. The Kier molecular flexibility index (Phi) is 4.16. The molecule has 2 aliphatic rings. The predicted molar refractivity (Wildman–Crippen MR) is 79.1 cm³/mol. The summed E-state index contributed by atoms with van der Waals surface area (Å²) >= 11 is 0. The Morgan fingerprint density at radius 3 is 2.45 bits per heavy atom. The van der Waals surface area contributed by atoms with Crippen LogP contribution in [-0.2, 0) is 0 Å². The number of anilines is 1. The number of piperidine rings is 1. The van der Waals surface area contributed by atoms with Crippen LogP contribution in [0, 0.1) is 0 Å². The van der Waals surface area contributed by atoms with Gasteiger partial charge in [-0.25, -0.2) is 4.98 Å². The van der Waals surface area contributed by atoms with Crippen LogP contribution >= 0.6 is 0 Å². The van der Waals surface area contributed by atoms with Crippen molar-refractivity contribution in [1.82, 2.24) is 15.2 Å². The maximum atomic E-state index is 12.3. The second-order valence-electron chi connectivity index (χ2n) is 5.49. The van der Waals surface area contributed by atoms with Crippen LogP contribution in [-0.4, -0.2) is 55.1 Å². The zero-order chi connectivity index (χ0) is 13.8. The normalized spacial score (nSPS) is 20.0. The van der Waals surface area contributed by atoms with Crippen LogP contribution < -0.4 is 10.2 Å². The van der Waals surface area contributed by atoms with Crippen molar-refractivity contribution >= 4 is 11.7 Å². The van der Waals surface area contributed by atoms with Gasteiger partial charge in [0.2, 0.25) is 0 Å². The van der Waals surface area contributed by atoms with Crippen molar-refractivity contribution < 1.29 is 4.79 Å². The largest absolute Gasteiger partial charge is 0.354 e. The van der Waals surface area contributed by atoms with E-state index in [1.54, 1.807) is 6.20 Å². The molecule has 20 heavy (non-hydrogen) atoms. The van der Waals surface area contributed by atoms with E-state index in [1.165, 1.54) is 6.42 Å². The van der Waals surface area contributed by atoms with Crippen LogP contribution in [0.1, 0.15) is 29.6 Å². The van der Waals surface area contributed by atoms with E-state index in [4.69, 9.17) is 0 Å². The molecule has 0 aromatic carbocycles. The van der Waals surface area contributed by atoms with Gasteiger partial charge < -0.3 is 15.1 Å². The van der Waals surface area contributed by atoms with Crippen LogP contribution in [0.25, 0.3) is 0 Å². The molecule has 2 aliphatic heterocycles. The number of pyridine rings is 1. The molecular formula is C15H22N4O. The number of nitrogens with zero attached hydrogens (tertiary/aromatic N) is 3. The van der Waals surface area contributed by atoms with E-state index < -0.39 is 0 Å².